The van der Waals surface area contributed by atoms with Gasteiger partial charge in [0.1, 0.15) is 5.82 Å². The number of nitrogens with zero attached hydrogens (tertiary/aromatic N) is 4. The molecule has 200 valence electrons. The SMILES string of the molecule is COC1CCC(CCOc2cc(N3CCOCC3)nc(N/N=C/C3CNc4ccccc43)n2)CC1OC. The lowest BCUT2D eigenvalue weighted by Gasteiger charge is -2.34. The molecule has 4 unspecified atom stereocenters. The van der Waals surface area contributed by atoms with E-state index in [0.29, 0.717) is 37.6 Å². The highest BCUT2D eigenvalue weighted by molar-refractivity contribution is 5.77. The largest absolute Gasteiger partial charge is 0.477 e. The smallest absolute Gasteiger partial charge is 0.248 e. The lowest BCUT2D eigenvalue weighted by Crippen LogP contribution is -2.37. The summed E-state index contributed by atoms with van der Waals surface area (Å²) in [6.45, 7) is 4.34. The zero-order valence-corrected chi connectivity index (χ0v) is 21.8. The zero-order valence-electron chi connectivity index (χ0n) is 21.8. The van der Waals surface area contributed by atoms with Gasteiger partial charge in [-0.25, -0.2) is 5.43 Å². The molecule has 5 rings (SSSR count). The topological polar surface area (TPSA) is 102 Å². The maximum Gasteiger partial charge on any atom is 0.248 e. The van der Waals surface area contributed by atoms with Crippen molar-refractivity contribution >= 4 is 23.7 Å². The molecule has 1 aromatic carbocycles. The van der Waals surface area contributed by atoms with Gasteiger partial charge in [-0.15, -0.1) is 0 Å². The van der Waals surface area contributed by atoms with Crippen LogP contribution in [0, 0.1) is 5.92 Å². The summed E-state index contributed by atoms with van der Waals surface area (Å²) in [4.78, 5) is 11.5. The van der Waals surface area contributed by atoms with Gasteiger partial charge in [0.2, 0.25) is 11.8 Å². The summed E-state index contributed by atoms with van der Waals surface area (Å²) < 4.78 is 22.9. The number of anilines is 3. The Labute approximate surface area is 218 Å². The van der Waals surface area contributed by atoms with Gasteiger partial charge in [0.05, 0.1) is 32.0 Å². The lowest BCUT2D eigenvalue weighted by atomic mass is 9.83. The number of benzene rings is 1. The van der Waals surface area contributed by atoms with Crippen LogP contribution in [-0.4, -0.2) is 82.1 Å². The van der Waals surface area contributed by atoms with Crippen LogP contribution >= 0.6 is 0 Å². The van der Waals surface area contributed by atoms with E-state index in [1.807, 2.05) is 18.3 Å². The molecule has 2 aromatic rings. The number of ether oxygens (including phenoxy) is 4. The van der Waals surface area contributed by atoms with Gasteiger partial charge in [-0.3, -0.25) is 0 Å². The van der Waals surface area contributed by atoms with Crippen molar-refractivity contribution in [3.63, 3.8) is 0 Å². The number of morpholine rings is 1. The minimum absolute atomic E-state index is 0.145. The molecule has 3 heterocycles. The molecule has 4 atom stereocenters. The molecule has 37 heavy (non-hydrogen) atoms. The van der Waals surface area contributed by atoms with Gasteiger partial charge in [0.15, 0.2) is 0 Å². The Hall–Kier alpha value is -2.95. The van der Waals surface area contributed by atoms with E-state index in [2.05, 4.69) is 43.9 Å². The predicted octanol–water partition coefficient (Wildman–Crippen LogP) is 3.52. The van der Waals surface area contributed by atoms with Gasteiger partial charge in [-0.05, 0) is 43.2 Å². The van der Waals surface area contributed by atoms with E-state index >= 15 is 0 Å². The third-order valence-corrected chi connectivity index (χ3v) is 7.54. The van der Waals surface area contributed by atoms with E-state index < -0.39 is 0 Å². The molecule has 2 N–H and O–H groups in total. The van der Waals surface area contributed by atoms with E-state index in [1.165, 1.54) is 5.56 Å². The number of hydrazone groups is 1. The summed E-state index contributed by atoms with van der Waals surface area (Å²) in [6, 6.07) is 10.2. The summed E-state index contributed by atoms with van der Waals surface area (Å²) in [5.41, 5.74) is 5.44. The highest BCUT2D eigenvalue weighted by Crippen LogP contribution is 2.31. The van der Waals surface area contributed by atoms with Gasteiger partial charge in [-0.1, -0.05) is 18.2 Å². The maximum atomic E-state index is 6.15. The number of aromatic nitrogens is 2. The second kappa shape index (κ2) is 12.5. The van der Waals surface area contributed by atoms with E-state index in [4.69, 9.17) is 23.9 Å². The monoisotopic (exact) mass is 510 g/mol. The van der Waals surface area contributed by atoms with Crippen LogP contribution in [0.1, 0.15) is 37.2 Å². The summed E-state index contributed by atoms with van der Waals surface area (Å²) in [6.07, 6.45) is 6.30. The van der Waals surface area contributed by atoms with Gasteiger partial charge < -0.3 is 29.2 Å². The Morgan fingerprint density at radius 2 is 1.97 bits per heavy atom. The number of hydrogen-bond donors (Lipinski definition) is 2. The van der Waals surface area contributed by atoms with Gasteiger partial charge in [0.25, 0.3) is 0 Å². The van der Waals surface area contributed by atoms with Crippen molar-refractivity contribution in [1.29, 1.82) is 0 Å². The summed E-state index contributed by atoms with van der Waals surface area (Å²) >= 11 is 0. The maximum absolute atomic E-state index is 6.15. The van der Waals surface area contributed by atoms with E-state index in [-0.39, 0.29) is 18.1 Å². The van der Waals surface area contributed by atoms with Crippen LogP contribution in [0.2, 0.25) is 0 Å². The molecule has 0 radical (unpaired) electrons. The number of hydrogen-bond acceptors (Lipinski definition) is 10. The molecule has 1 saturated carbocycles. The van der Waals surface area contributed by atoms with Crippen LogP contribution in [0.15, 0.2) is 35.4 Å². The van der Waals surface area contributed by atoms with Crippen molar-refractivity contribution in [3.05, 3.63) is 35.9 Å². The Balaban J connectivity index is 1.22. The average molecular weight is 511 g/mol. The quantitative estimate of drug-likeness (QED) is 0.367. The highest BCUT2D eigenvalue weighted by Gasteiger charge is 2.30. The summed E-state index contributed by atoms with van der Waals surface area (Å²) in [7, 11) is 3.53. The number of rotatable bonds is 10. The van der Waals surface area contributed by atoms with Crippen molar-refractivity contribution in [1.82, 2.24) is 9.97 Å². The molecule has 0 bridgehead atoms. The normalized spacial score (nSPS) is 25.6. The highest BCUT2D eigenvalue weighted by atomic mass is 16.5. The van der Waals surface area contributed by atoms with E-state index in [1.54, 1.807) is 14.2 Å². The average Bonchev–Trinajstić information content (AvgIpc) is 3.36. The number of methoxy groups -OCH3 is 2. The fourth-order valence-corrected chi connectivity index (χ4v) is 5.41. The van der Waals surface area contributed by atoms with E-state index in [9.17, 15) is 0 Å². The molecular formula is C27H38N6O4. The molecule has 10 heteroatoms. The zero-order chi connectivity index (χ0) is 25.5. The van der Waals surface area contributed by atoms with Crippen molar-refractivity contribution in [3.8, 4) is 5.88 Å². The van der Waals surface area contributed by atoms with Crippen molar-refractivity contribution in [2.24, 2.45) is 11.0 Å². The second-order valence-electron chi connectivity index (χ2n) is 9.82. The molecule has 10 nitrogen and oxygen atoms in total. The van der Waals surface area contributed by atoms with E-state index in [0.717, 1.165) is 56.8 Å². The fourth-order valence-electron chi connectivity index (χ4n) is 5.41. The van der Waals surface area contributed by atoms with Gasteiger partial charge in [0, 0.05) is 57.7 Å². The fraction of sp³-hybridized carbons (Fsp3) is 0.593. The Kier molecular flexibility index (Phi) is 8.70. The molecular weight excluding hydrogens is 472 g/mol. The second-order valence-corrected chi connectivity index (χ2v) is 9.82. The number of para-hydroxylation sites is 1. The van der Waals surface area contributed by atoms with Crippen molar-refractivity contribution < 1.29 is 18.9 Å². The van der Waals surface area contributed by atoms with Crippen LogP contribution in [0.5, 0.6) is 5.88 Å². The lowest BCUT2D eigenvalue weighted by molar-refractivity contribution is -0.0719. The molecule has 0 amide bonds. The van der Waals surface area contributed by atoms with Crippen LogP contribution in [-0.2, 0) is 14.2 Å². The summed E-state index contributed by atoms with van der Waals surface area (Å²) in [5, 5.41) is 7.89. The third-order valence-electron chi connectivity index (χ3n) is 7.54. The Bertz CT molecular complexity index is 1050. The molecule has 1 saturated heterocycles. The first-order valence-electron chi connectivity index (χ1n) is 13.3. The Morgan fingerprint density at radius 1 is 1.14 bits per heavy atom. The molecule has 1 aromatic heterocycles. The van der Waals surface area contributed by atoms with Crippen molar-refractivity contribution in [2.45, 2.75) is 43.8 Å². The molecule has 0 spiro atoms. The van der Waals surface area contributed by atoms with Crippen LogP contribution < -0.4 is 20.4 Å². The predicted molar refractivity (Wildman–Crippen MR) is 144 cm³/mol. The summed E-state index contributed by atoms with van der Waals surface area (Å²) in [5.74, 6) is 2.54. The van der Waals surface area contributed by atoms with Crippen molar-refractivity contribution in [2.75, 3.05) is 69.3 Å². The molecule has 1 aliphatic carbocycles. The first-order chi connectivity index (χ1) is 18.2. The third kappa shape index (κ3) is 6.49. The first kappa shape index (κ1) is 25.7. The van der Waals surface area contributed by atoms with Gasteiger partial charge in [-0.2, -0.15) is 15.1 Å². The number of fused-ring (bicyclic) bond motifs is 1. The molecule has 2 aliphatic heterocycles. The number of nitrogens with one attached hydrogen (secondary N) is 2. The van der Waals surface area contributed by atoms with Crippen LogP contribution in [0.3, 0.4) is 0 Å². The van der Waals surface area contributed by atoms with Crippen LogP contribution in [0.4, 0.5) is 17.5 Å². The van der Waals surface area contributed by atoms with Crippen LogP contribution in [0.25, 0.3) is 0 Å². The Morgan fingerprint density at radius 3 is 2.81 bits per heavy atom. The standard InChI is InChI=1S/C27H38N6O4/c1-34-23-8-7-19(15-24(23)35-2)9-12-37-26-16-25(33-10-13-36-14-11-33)30-27(31-26)32-29-18-20-17-28-22-6-4-3-5-21(20)22/h3-6,16,18-20,23-24,28H,7-15,17H2,1-2H3,(H,30,31,32)/b29-18+. The minimum atomic E-state index is 0.145. The molecule has 3 aliphatic rings. The van der Waals surface area contributed by atoms with Gasteiger partial charge >= 0.3 is 0 Å². The minimum Gasteiger partial charge on any atom is -0.477 e. The molecule has 2 fully saturated rings. The first-order valence-corrected chi connectivity index (χ1v) is 13.3.